The molecule has 0 spiro atoms. The third kappa shape index (κ3) is 3.09. The van der Waals surface area contributed by atoms with Gasteiger partial charge in [-0.15, -0.1) is 0 Å². The molecule has 3 nitrogen and oxygen atoms in total. The molecule has 0 bridgehead atoms. The van der Waals surface area contributed by atoms with Crippen LogP contribution in [0, 0.1) is 0 Å². The van der Waals surface area contributed by atoms with E-state index >= 15 is 0 Å². The van der Waals surface area contributed by atoms with Crippen LogP contribution in [0.2, 0.25) is 0 Å². The van der Waals surface area contributed by atoms with Crippen molar-refractivity contribution in [1.29, 1.82) is 0 Å². The fourth-order valence-electron chi connectivity index (χ4n) is 2.81. The highest BCUT2D eigenvalue weighted by atomic mass is 16.5. The zero-order valence-electron chi connectivity index (χ0n) is 12.5. The first-order chi connectivity index (χ1) is 10.3. The molecule has 2 aromatic rings. The molecule has 0 amide bonds. The van der Waals surface area contributed by atoms with E-state index in [4.69, 9.17) is 9.47 Å². The maximum Gasteiger partial charge on any atom is 0.119 e. The Labute approximate surface area is 125 Å². The third-order valence-electron chi connectivity index (χ3n) is 3.94. The van der Waals surface area contributed by atoms with Gasteiger partial charge in [0.1, 0.15) is 11.9 Å². The van der Waals surface area contributed by atoms with E-state index in [1.54, 1.807) is 7.11 Å². The minimum atomic E-state index is -0.0351. The number of hydrogen-bond donors (Lipinski definition) is 1. The Balaban J connectivity index is 2.05. The van der Waals surface area contributed by atoms with E-state index in [-0.39, 0.29) is 6.10 Å². The van der Waals surface area contributed by atoms with Gasteiger partial charge >= 0.3 is 0 Å². The zero-order valence-corrected chi connectivity index (χ0v) is 12.5. The van der Waals surface area contributed by atoms with Crippen molar-refractivity contribution in [2.24, 2.45) is 0 Å². The molecule has 1 N–H and O–H groups in total. The summed E-state index contributed by atoms with van der Waals surface area (Å²) in [4.78, 5) is 0. The van der Waals surface area contributed by atoms with Gasteiger partial charge in [-0.2, -0.15) is 0 Å². The normalized spacial score (nSPS) is 22.0. The average Bonchev–Trinajstić information content (AvgIpc) is 2.51. The van der Waals surface area contributed by atoms with Gasteiger partial charge in [0.15, 0.2) is 0 Å². The van der Waals surface area contributed by atoms with Crippen molar-refractivity contribution in [3.63, 3.8) is 0 Å². The number of hydrogen-bond acceptors (Lipinski definition) is 3. The van der Waals surface area contributed by atoms with Crippen molar-refractivity contribution in [3.8, 4) is 5.75 Å². The van der Waals surface area contributed by atoms with E-state index < -0.39 is 0 Å². The number of rotatable bonds is 2. The lowest BCUT2D eigenvalue weighted by atomic mass is 9.92. The molecule has 3 rings (SSSR count). The van der Waals surface area contributed by atoms with Gasteiger partial charge in [-0.1, -0.05) is 36.4 Å². The van der Waals surface area contributed by atoms with Crippen LogP contribution < -0.4 is 10.1 Å². The fourth-order valence-corrected chi connectivity index (χ4v) is 2.81. The predicted molar refractivity (Wildman–Crippen MR) is 83.5 cm³/mol. The molecule has 2 aromatic carbocycles. The molecule has 0 radical (unpaired) electrons. The van der Waals surface area contributed by atoms with Gasteiger partial charge in [0.2, 0.25) is 0 Å². The molecule has 2 atom stereocenters. The quantitative estimate of drug-likeness (QED) is 0.917. The molecule has 1 aliphatic rings. The first-order valence-electron chi connectivity index (χ1n) is 7.34. The Morgan fingerprint density at radius 3 is 2.71 bits per heavy atom. The lowest BCUT2D eigenvalue weighted by Crippen LogP contribution is -2.34. The molecular formula is C18H21NO2. The SMILES string of the molecule is COc1ccc2c(c1)CC(C)NCOC2c1ccccc1. The van der Waals surface area contributed by atoms with Crippen LogP contribution in [0.4, 0.5) is 0 Å². The second-order valence-electron chi connectivity index (χ2n) is 5.48. The molecule has 0 aromatic heterocycles. The van der Waals surface area contributed by atoms with Crippen molar-refractivity contribution in [2.45, 2.75) is 25.5 Å². The Morgan fingerprint density at radius 1 is 1.14 bits per heavy atom. The summed E-state index contributed by atoms with van der Waals surface area (Å²) < 4.78 is 11.5. The average molecular weight is 283 g/mol. The van der Waals surface area contributed by atoms with E-state index in [9.17, 15) is 0 Å². The number of nitrogens with one attached hydrogen (secondary N) is 1. The van der Waals surface area contributed by atoms with Gasteiger partial charge in [0.25, 0.3) is 0 Å². The predicted octanol–water partition coefficient (Wildman–Crippen LogP) is 3.29. The lowest BCUT2D eigenvalue weighted by Gasteiger charge is -2.27. The highest BCUT2D eigenvalue weighted by Gasteiger charge is 2.22. The van der Waals surface area contributed by atoms with Crippen LogP contribution in [0.5, 0.6) is 5.75 Å². The molecule has 1 heterocycles. The van der Waals surface area contributed by atoms with E-state index in [1.165, 1.54) is 16.7 Å². The summed E-state index contributed by atoms with van der Waals surface area (Å²) >= 11 is 0. The van der Waals surface area contributed by atoms with Crippen LogP contribution in [0.1, 0.15) is 29.7 Å². The summed E-state index contributed by atoms with van der Waals surface area (Å²) in [5, 5.41) is 3.40. The van der Waals surface area contributed by atoms with Crippen molar-refractivity contribution in [2.75, 3.05) is 13.8 Å². The first kappa shape index (κ1) is 14.1. The first-order valence-corrected chi connectivity index (χ1v) is 7.34. The molecule has 1 aliphatic heterocycles. The van der Waals surface area contributed by atoms with Gasteiger partial charge in [-0.05, 0) is 42.2 Å². The summed E-state index contributed by atoms with van der Waals surface area (Å²) in [7, 11) is 1.71. The molecule has 3 heteroatoms. The number of ether oxygens (including phenoxy) is 2. The number of benzene rings is 2. The molecule has 0 saturated heterocycles. The van der Waals surface area contributed by atoms with Gasteiger partial charge in [0.05, 0.1) is 13.8 Å². The Morgan fingerprint density at radius 2 is 1.95 bits per heavy atom. The summed E-state index contributed by atoms with van der Waals surface area (Å²) in [6.45, 7) is 2.74. The number of fused-ring (bicyclic) bond motifs is 1. The molecule has 0 fully saturated rings. The zero-order chi connectivity index (χ0) is 14.7. The maximum absolute atomic E-state index is 6.09. The van der Waals surface area contributed by atoms with E-state index in [0.717, 1.165) is 12.2 Å². The van der Waals surface area contributed by atoms with Crippen LogP contribution in [-0.4, -0.2) is 19.9 Å². The molecule has 21 heavy (non-hydrogen) atoms. The van der Waals surface area contributed by atoms with Crippen molar-refractivity contribution in [3.05, 3.63) is 65.2 Å². The fraction of sp³-hybridized carbons (Fsp3) is 0.333. The highest BCUT2D eigenvalue weighted by molar-refractivity contribution is 5.41. The molecule has 2 unspecified atom stereocenters. The van der Waals surface area contributed by atoms with Crippen LogP contribution in [-0.2, 0) is 11.2 Å². The van der Waals surface area contributed by atoms with Gasteiger partial charge in [-0.25, -0.2) is 0 Å². The molecule has 0 aliphatic carbocycles. The Bertz CT molecular complexity index is 597. The third-order valence-corrected chi connectivity index (χ3v) is 3.94. The largest absolute Gasteiger partial charge is 0.497 e. The van der Waals surface area contributed by atoms with Crippen LogP contribution in [0.25, 0.3) is 0 Å². The lowest BCUT2D eigenvalue weighted by molar-refractivity contribution is 0.0553. The monoisotopic (exact) mass is 283 g/mol. The Kier molecular flexibility index (Phi) is 4.23. The summed E-state index contributed by atoms with van der Waals surface area (Å²) in [5.41, 5.74) is 3.69. The maximum atomic E-state index is 6.09. The van der Waals surface area contributed by atoms with Crippen molar-refractivity contribution >= 4 is 0 Å². The minimum absolute atomic E-state index is 0.0351. The topological polar surface area (TPSA) is 30.5 Å². The molecule has 110 valence electrons. The summed E-state index contributed by atoms with van der Waals surface area (Å²) in [6.07, 6.45) is 0.936. The smallest absolute Gasteiger partial charge is 0.119 e. The number of methoxy groups -OCH3 is 1. The Hall–Kier alpha value is -1.84. The van der Waals surface area contributed by atoms with Gasteiger partial charge in [-0.3, -0.25) is 5.32 Å². The van der Waals surface area contributed by atoms with Crippen LogP contribution >= 0.6 is 0 Å². The summed E-state index contributed by atoms with van der Waals surface area (Å²) in [6, 6.07) is 17.0. The van der Waals surface area contributed by atoms with Crippen molar-refractivity contribution < 1.29 is 9.47 Å². The van der Waals surface area contributed by atoms with Crippen molar-refractivity contribution in [1.82, 2.24) is 5.32 Å². The van der Waals surface area contributed by atoms with E-state index in [0.29, 0.717) is 12.8 Å². The second-order valence-corrected chi connectivity index (χ2v) is 5.48. The van der Waals surface area contributed by atoms with E-state index in [2.05, 4.69) is 48.6 Å². The highest BCUT2D eigenvalue weighted by Crippen LogP contribution is 2.32. The molecular weight excluding hydrogens is 262 g/mol. The second kappa shape index (κ2) is 6.29. The van der Waals surface area contributed by atoms with Crippen LogP contribution in [0.3, 0.4) is 0 Å². The standard InChI is InChI=1S/C18H21NO2/c1-13-10-15-11-16(20-2)8-9-17(15)18(21-12-19-13)14-6-4-3-5-7-14/h3-9,11,13,18-19H,10,12H2,1-2H3. The minimum Gasteiger partial charge on any atom is -0.497 e. The van der Waals surface area contributed by atoms with Crippen LogP contribution in [0.15, 0.2) is 48.5 Å². The van der Waals surface area contributed by atoms with E-state index in [1.807, 2.05) is 12.1 Å². The summed E-state index contributed by atoms with van der Waals surface area (Å²) in [5.74, 6) is 0.897. The van der Waals surface area contributed by atoms with Gasteiger partial charge in [0, 0.05) is 6.04 Å². The molecule has 0 saturated carbocycles. The van der Waals surface area contributed by atoms with Gasteiger partial charge < -0.3 is 9.47 Å².